The highest BCUT2D eigenvalue weighted by Gasteiger charge is 2.10. The predicted molar refractivity (Wildman–Crippen MR) is 89.8 cm³/mol. The predicted octanol–water partition coefficient (Wildman–Crippen LogP) is 3.81. The number of benzene rings is 2. The van der Waals surface area contributed by atoms with Crippen molar-refractivity contribution in [3.8, 4) is 11.1 Å². The summed E-state index contributed by atoms with van der Waals surface area (Å²) >= 11 is 0. The summed E-state index contributed by atoms with van der Waals surface area (Å²) in [4.78, 5) is 11.9. The van der Waals surface area contributed by atoms with Crippen LogP contribution in [0.1, 0.15) is 36.2 Å². The summed E-state index contributed by atoms with van der Waals surface area (Å²) in [7, 11) is 0. The Bertz CT molecular complexity index is 618. The first-order chi connectivity index (χ1) is 10.6. The second-order valence-corrected chi connectivity index (χ2v) is 5.58. The molecule has 3 heteroatoms. The van der Waals surface area contributed by atoms with Gasteiger partial charge in [0.15, 0.2) is 0 Å². The third-order valence-corrected chi connectivity index (χ3v) is 3.44. The van der Waals surface area contributed by atoms with Crippen molar-refractivity contribution in [3.05, 3.63) is 59.7 Å². The van der Waals surface area contributed by atoms with E-state index in [1.807, 2.05) is 50.2 Å². The number of hydrogen-bond donors (Lipinski definition) is 1. The lowest BCUT2D eigenvalue weighted by Gasteiger charge is -2.11. The summed E-state index contributed by atoms with van der Waals surface area (Å²) in [5, 5.41) is 0. The number of nitrogens with two attached hydrogens (primary N) is 1. The van der Waals surface area contributed by atoms with Crippen LogP contribution in [0.3, 0.4) is 0 Å². The molecule has 0 atom stereocenters. The Morgan fingerprint density at radius 3 is 2.41 bits per heavy atom. The third-order valence-electron chi connectivity index (χ3n) is 3.44. The molecule has 0 fully saturated rings. The molecule has 0 unspecified atom stereocenters. The van der Waals surface area contributed by atoms with Gasteiger partial charge in [-0.15, -0.1) is 0 Å². The van der Waals surface area contributed by atoms with Crippen molar-refractivity contribution >= 4 is 5.97 Å². The van der Waals surface area contributed by atoms with E-state index in [0.717, 1.165) is 18.4 Å². The molecule has 0 aliphatic rings. The van der Waals surface area contributed by atoms with Crippen LogP contribution in [0.5, 0.6) is 0 Å². The smallest absolute Gasteiger partial charge is 0.338 e. The maximum Gasteiger partial charge on any atom is 0.338 e. The van der Waals surface area contributed by atoms with Crippen LogP contribution in [0.15, 0.2) is 48.5 Å². The van der Waals surface area contributed by atoms with Gasteiger partial charge in [-0.2, -0.15) is 0 Å². The van der Waals surface area contributed by atoms with Crippen molar-refractivity contribution in [2.75, 3.05) is 6.54 Å². The molecule has 0 saturated heterocycles. The Balaban J connectivity index is 2.22. The molecular weight excluding hydrogens is 274 g/mol. The lowest BCUT2D eigenvalue weighted by atomic mass is 9.96. The molecular formula is C19H23NO2. The van der Waals surface area contributed by atoms with Crippen LogP contribution in [0.4, 0.5) is 0 Å². The standard InChI is InChI=1S/C19H23NO2/c1-14(2)22-19(21)17-11-9-16(10-12-17)18-8-4-3-6-15(18)7-5-13-20/h3-4,6,8-12,14H,5,7,13,20H2,1-2H3. The van der Waals surface area contributed by atoms with Crippen LogP contribution >= 0.6 is 0 Å². The summed E-state index contributed by atoms with van der Waals surface area (Å²) in [5.41, 5.74) is 9.77. The van der Waals surface area contributed by atoms with Crippen molar-refractivity contribution in [2.24, 2.45) is 5.73 Å². The molecule has 0 bridgehead atoms. The van der Waals surface area contributed by atoms with Crippen LogP contribution in [0, 0.1) is 0 Å². The van der Waals surface area contributed by atoms with Crippen LogP contribution in [-0.4, -0.2) is 18.6 Å². The third kappa shape index (κ3) is 4.18. The van der Waals surface area contributed by atoms with Crippen molar-refractivity contribution in [2.45, 2.75) is 32.8 Å². The maximum absolute atomic E-state index is 11.9. The van der Waals surface area contributed by atoms with Gasteiger partial charge in [-0.05, 0) is 62.1 Å². The van der Waals surface area contributed by atoms with Crippen LogP contribution in [-0.2, 0) is 11.2 Å². The molecule has 0 heterocycles. The van der Waals surface area contributed by atoms with E-state index in [1.165, 1.54) is 11.1 Å². The minimum atomic E-state index is -0.280. The van der Waals surface area contributed by atoms with Crippen molar-refractivity contribution in [1.29, 1.82) is 0 Å². The molecule has 2 aromatic rings. The van der Waals surface area contributed by atoms with Crippen LogP contribution in [0.25, 0.3) is 11.1 Å². The van der Waals surface area contributed by atoms with Gasteiger partial charge in [-0.25, -0.2) is 4.79 Å². The Kier molecular flexibility index (Phi) is 5.73. The molecule has 0 spiro atoms. The van der Waals surface area contributed by atoms with E-state index in [-0.39, 0.29) is 12.1 Å². The number of esters is 1. The van der Waals surface area contributed by atoms with Gasteiger partial charge in [0.1, 0.15) is 0 Å². The quantitative estimate of drug-likeness (QED) is 0.825. The average molecular weight is 297 g/mol. The van der Waals surface area contributed by atoms with E-state index in [4.69, 9.17) is 10.5 Å². The van der Waals surface area contributed by atoms with Gasteiger partial charge in [0.2, 0.25) is 0 Å². The van der Waals surface area contributed by atoms with Gasteiger partial charge in [0, 0.05) is 0 Å². The summed E-state index contributed by atoms with van der Waals surface area (Å²) in [6.45, 7) is 4.38. The van der Waals surface area contributed by atoms with Gasteiger partial charge in [0.25, 0.3) is 0 Å². The minimum absolute atomic E-state index is 0.107. The molecule has 2 rings (SSSR count). The average Bonchev–Trinajstić information content (AvgIpc) is 2.53. The maximum atomic E-state index is 11.9. The summed E-state index contributed by atoms with van der Waals surface area (Å²) < 4.78 is 5.21. The first kappa shape index (κ1) is 16.2. The molecule has 0 aromatic heterocycles. The monoisotopic (exact) mass is 297 g/mol. The van der Waals surface area contributed by atoms with E-state index in [1.54, 1.807) is 0 Å². The second-order valence-electron chi connectivity index (χ2n) is 5.58. The van der Waals surface area contributed by atoms with Crippen LogP contribution in [0.2, 0.25) is 0 Å². The van der Waals surface area contributed by atoms with E-state index in [2.05, 4.69) is 12.1 Å². The molecule has 0 saturated carbocycles. The van der Waals surface area contributed by atoms with Gasteiger partial charge in [0.05, 0.1) is 11.7 Å². The van der Waals surface area contributed by atoms with Crippen molar-refractivity contribution in [1.82, 2.24) is 0 Å². The number of carbonyl (C=O) groups is 1. The molecule has 2 N–H and O–H groups in total. The van der Waals surface area contributed by atoms with E-state index in [0.29, 0.717) is 12.1 Å². The van der Waals surface area contributed by atoms with E-state index >= 15 is 0 Å². The van der Waals surface area contributed by atoms with E-state index in [9.17, 15) is 4.79 Å². The molecule has 3 nitrogen and oxygen atoms in total. The Hall–Kier alpha value is -2.13. The summed E-state index contributed by atoms with van der Waals surface area (Å²) in [6, 6.07) is 15.9. The van der Waals surface area contributed by atoms with Gasteiger partial charge < -0.3 is 10.5 Å². The van der Waals surface area contributed by atoms with Gasteiger partial charge >= 0.3 is 5.97 Å². The summed E-state index contributed by atoms with van der Waals surface area (Å²) in [5.74, 6) is -0.280. The first-order valence-corrected chi connectivity index (χ1v) is 7.71. The number of hydrogen-bond acceptors (Lipinski definition) is 3. The van der Waals surface area contributed by atoms with Crippen molar-refractivity contribution < 1.29 is 9.53 Å². The largest absolute Gasteiger partial charge is 0.459 e. The molecule has 2 aromatic carbocycles. The lowest BCUT2D eigenvalue weighted by molar-refractivity contribution is 0.0378. The zero-order chi connectivity index (χ0) is 15.9. The molecule has 22 heavy (non-hydrogen) atoms. The zero-order valence-electron chi connectivity index (χ0n) is 13.2. The first-order valence-electron chi connectivity index (χ1n) is 7.71. The second kappa shape index (κ2) is 7.76. The van der Waals surface area contributed by atoms with Crippen LogP contribution < -0.4 is 5.73 Å². The summed E-state index contributed by atoms with van der Waals surface area (Å²) in [6.07, 6.45) is 1.82. The Morgan fingerprint density at radius 2 is 1.77 bits per heavy atom. The molecule has 0 aliphatic carbocycles. The van der Waals surface area contributed by atoms with Crippen molar-refractivity contribution in [3.63, 3.8) is 0 Å². The highest BCUT2D eigenvalue weighted by atomic mass is 16.5. The van der Waals surface area contributed by atoms with E-state index < -0.39 is 0 Å². The Labute approximate surface area is 132 Å². The molecule has 0 aliphatic heterocycles. The lowest BCUT2D eigenvalue weighted by Crippen LogP contribution is -2.11. The van der Waals surface area contributed by atoms with Gasteiger partial charge in [-0.3, -0.25) is 0 Å². The molecule has 116 valence electrons. The topological polar surface area (TPSA) is 52.3 Å². The fourth-order valence-electron chi connectivity index (χ4n) is 2.38. The number of rotatable bonds is 6. The highest BCUT2D eigenvalue weighted by molar-refractivity contribution is 5.90. The fraction of sp³-hybridized carbons (Fsp3) is 0.316. The fourth-order valence-corrected chi connectivity index (χ4v) is 2.38. The number of aryl methyl sites for hydroxylation is 1. The van der Waals surface area contributed by atoms with Gasteiger partial charge in [-0.1, -0.05) is 36.4 Å². The SMILES string of the molecule is CC(C)OC(=O)c1ccc(-c2ccccc2CCCN)cc1. The highest BCUT2D eigenvalue weighted by Crippen LogP contribution is 2.25. The minimum Gasteiger partial charge on any atom is -0.459 e. The number of ether oxygens (including phenoxy) is 1. The molecule has 0 radical (unpaired) electrons. The number of carbonyl (C=O) groups excluding carboxylic acids is 1. The Morgan fingerprint density at radius 1 is 1.09 bits per heavy atom. The normalized spacial score (nSPS) is 10.7. The zero-order valence-corrected chi connectivity index (χ0v) is 13.2. The molecule has 0 amide bonds.